The molecule has 4 rings (SSSR count). The Hall–Kier alpha value is -2.11. The lowest BCUT2D eigenvalue weighted by molar-refractivity contribution is 0.553. The molecular weight excluding hydrogens is 286 g/mol. The molecule has 0 bridgehead atoms. The van der Waals surface area contributed by atoms with Crippen molar-refractivity contribution in [3.8, 4) is 5.69 Å². The first-order valence-electron chi connectivity index (χ1n) is 6.87. The van der Waals surface area contributed by atoms with Gasteiger partial charge in [0.05, 0.1) is 29.9 Å². The number of aromatic amines is 1. The Kier molecular flexibility index (Phi) is 3.02. The highest BCUT2D eigenvalue weighted by molar-refractivity contribution is 6.30. The number of rotatable bonds is 2. The van der Waals surface area contributed by atoms with E-state index in [0.29, 0.717) is 5.02 Å². The van der Waals surface area contributed by atoms with Gasteiger partial charge in [0.2, 0.25) is 0 Å². The van der Waals surface area contributed by atoms with Gasteiger partial charge in [-0.15, -0.1) is 0 Å². The summed E-state index contributed by atoms with van der Waals surface area (Å²) in [7, 11) is 0. The predicted octanol–water partition coefficient (Wildman–Crippen LogP) is 2.48. The van der Waals surface area contributed by atoms with E-state index in [0.717, 1.165) is 29.9 Å². The van der Waals surface area contributed by atoms with Gasteiger partial charge in [0.25, 0.3) is 0 Å². The summed E-state index contributed by atoms with van der Waals surface area (Å²) in [5.74, 6) is 0. The van der Waals surface area contributed by atoms with Gasteiger partial charge in [-0.25, -0.2) is 9.67 Å². The third-order valence-corrected chi connectivity index (χ3v) is 3.99. The molecule has 21 heavy (non-hydrogen) atoms. The molecule has 0 aliphatic carbocycles. The van der Waals surface area contributed by atoms with Crippen LogP contribution in [-0.2, 0) is 6.42 Å². The highest BCUT2D eigenvalue weighted by atomic mass is 35.5. The minimum atomic E-state index is 0.0907. The Balaban J connectivity index is 1.70. The first-order chi connectivity index (χ1) is 10.3. The maximum absolute atomic E-state index is 6.03. The van der Waals surface area contributed by atoms with Crippen molar-refractivity contribution in [2.24, 2.45) is 0 Å². The van der Waals surface area contributed by atoms with E-state index in [-0.39, 0.29) is 6.04 Å². The SMILES string of the molecule is Clc1cccc(-n2cc(C3NCCc4[nH]cnc43)cn2)c1. The van der Waals surface area contributed by atoms with Crippen molar-refractivity contribution in [1.82, 2.24) is 25.1 Å². The van der Waals surface area contributed by atoms with E-state index in [1.165, 1.54) is 5.69 Å². The highest BCUT2D eigenvalue weighted by Crippen LogP contribution is 2.26. The standard InChI is InChI=1S/C15H14ClN5/c16-11-2-1-3-12(6-11)21-8-10(7-20-21)14-15-13(4-5-17-14)18-9-19-15/h1-3,6-9,14,17H,4-5H2,(H,18,19). The molecule has 6 heteroatoms. The summed E-state index contributed by atoms with van der Waals surface area (Å²) >= 11 is 6.03. The van der Waals surface area contributed by atoms with E-state index in [1.54, 1.807) is 6.33 Å². The van der Waals surface area contributed by atoms with Crippen molar-refractivity contribution in [3.63, 3.8) is 0 Å². The molecule has 2 N–H and O–H groups in total. The number of imidazole rings is 1. The lowest BCUT2D eigenvalue weighted by atomic mass is 10.0. The Morgan fingerprint density at radius 3 is 3.19 bits per heavy atom. The lowest BCUT2D eigenvalue weighted by Gasteiger charge is -2.21. The average Bonchev–Trinajstić information content (AvgIpc) is 3.16. The fraction of sp³-hybridized carbons (Fsp3) is 0.200. The summed E-state index contributed by atoms with van der Waals surface area (Å²) in [5, 5.41) is 8.64. The molecule has 0 saturated carbocycles. The van der Waals surface area contributed by atoms with Crippen LogP contribution in [0, 0.1) is 0 Å². The van der Waals surface area contributed by atoms with Gasteiger partial charge in [-0.1, -0.05) is 17.7 Å². The summed E-state index contributed by atoms with van der Waals surface area (Å²) < 4.78 is 1.84. The molecule has 1 aromatic carbocycles. The molecule has 0 amide bonds. The number of hydrogen-bond donors (Lipinski definition) is 2. The lowest BCUT2D eigenvalue weighted by Crippen LogP contribution is -2.30. The molecule has 1 atom stereocenters. The Morgan fingerprint density at radius 1 is 1.33 bits per heavy atom. The van der Waals surface area contributed by atoms with Crippen LogP contribution in [0.2, 0.25) is 5.02 Å². The number of H-pyrrole nitrogens is 1. The zero-order valence-corrected chi connectivity index (χ0v) is 12.0. The second-order valence-electron chi connectivity index (χ2n) is 5.10. The first-order valence-corrected chi connectivity index (χ1v) is 7.25. The molecule has 0 saturated heterocycles. The summed E-state index contributed by atoms with van der Waals surface area (Å²) in [6.45, 7) is 0.933. The normalized spacial score (nSPS) is 17.7. The topological polar surface area (TPSA) is 58.5 Å². The number of nitrogens with one attached hydrogen (secondary N) is 2. The summed E-state index contributed by atoms with van der Waals surface area (Å²) in [6.07, 6.45) is 6.63. The van der Waals surface area contributed by atoms with Crippen LogP contribution >= 0.6 is 11.6 Å². The van der Waals surface area contributed by atoms with Crippen LogP contribution in [0.4, 0.5) is 0 Å². The van der Waals surface area contributed by atoms with Gasteiger partial charge in [0.1, 0.15) is 0 Å². The second kappa shape index (κ2) is 5.02. The Bertz CT molecular complexity index is 776. The molecule has 106 valence electrons. The molecule has 0 spiro atoms. The van der Waals surface area contributed by atoms with Crippen LogP contribution in [0.15, 0.2) is 43.0 Å². The van der Waals surface area contributed by atoms with Gasteiger partial charge in [0.15, 0.2) is 0 Å². The Labute approximate surface area is 127 Å². The van der Waals surface area contributed by atoms with Gasteiger partial charge >= 0.3 is 0 Å². The molecule has 5 nitrogen and oxygen atoms in total. The van der Waals surface area contributed by atoms with Crippen molar-refractivity contribution in [2.75, 3.05) is 6.54 Å². The third kappa shape index (κ3) is 2.24. The van der Waals surface area contributed by atoms with Crippen LogP contribution < -0.4 is 5.32 Å². The second-order valence-corrected chi connectivity index (χ2v) is 5.54. The van der Waals surface area contributed by atoms with E-state index in [2.05, 4.69) is 20.4 Å². The number of halogens is 1. The minimum Gasteiger partial charge on any atom is -0.348 e. The van der Waals surface area contributed by atoms with Gasteiger partial charge in [-0.05, 0) is 18.2 Å². The molecule has 3 aromatic rings. The number of hydrogen-bond acceptors (Lipinski definition) is 3. The van der Waals surface area contributed by atoms with E-state index in [9.17, 15) is 0 Å². The molecule has 1 aliphatic heterocycles. The highest BCUT2D eigenvalue weighted by Gasteiger charge is 2.24. The van der Waals surface area contributed by atoms with Crippen LogP contribution in [0.25, 0.3) is 5.69 Å². The Morgan fingerprint density at radius 2 is 2.29 bits per heavy atom. The molecule has 0 fully saturated rings. The third-order valence-electron chi connectivity index (χ3n) is 3.76. The number of fused-ring (bicyclic) bond motifs is 1. The maximum atomic E-state index is 6.03. The molecule has 2 aromatic heterocycles. The molecule has 1 aliphatic rings. The van der Waals surface area contributed by atoms with Crippen LogP contribution in [0.1, 0.15) is 23.0 Å². The monoisotopic (exact) mass is 299 g/mol. The zero-order chi connectivity index (χ0) is 14.2. The molecule has 0 radical (unpaired) electrons. The zero-order valence-electron chi connectivity index (χ0n) is 11.3. The number of aromatic nitrogens is 4. The van der Waals surface area contributed by atoms with E-state index >= 15 is 0 Å². The molecule has 1 unspecified atom stereocenters. The van der Waals surface area contributed by atoms with Gasteiger partial charge in [-0.2, -0.15) is 5.10 Å². The van der Waals surface area contributed by atoms with E-state index in [1.807, 2.05) is 41.3 Å². The van der Waals surface area contributed by atoms with Crippen LogP contribution in [-0.4, -0.2) is 26.3 Å². The number of benzene rings is 1. The predicted molar refractivity (Wildman–Crippen MR) is 80.7 cm³/mol. The largest absolute Gasteiger partial charge is 0.348 e. The quantitative estimate of drug-likeness (QED) is 0.764. The van der Waals surface area contributed by atoms with Crippen molar-refractivity contribution in [3.05, 3.63) is 65.0 Å². The fourth-order valence-corrected chi connectivity index (χ4v) is 2.92. The maximum Gasteiger partial charge on any atom is 0.0926 e. The molecular formula is C15H14ClN5. The van der Waals surface area contributed by atoms with Crippen molar-refractivity contribution >= 4 is 11.6 Å². The fourth-order valence-electron chi connectivity index (χ4n) is 2.74. The first kappa shape index (κ1) is 12.6. The average molecular weight is 300 g/mol. The van der Waals surface area contributed by atoms with Crippen molar-refractivity contribution in [1.29, 1.82) is 0 Å². The van der Waals surface area contributed by atoms with E-state index < -0.39 is 0 Å². The van der Waals surface area contributed by atoms with Crippen molar-refractivity contribution in [2.45, 2.75) is 12.5 Å². The summed E-state index contributed by atoms with van der Waals surface area (Å²) in [6, 6.07) is 7.74. The van der Waals surface area contributed by atoms with Crippen LogP contribution in [0.3, 0.4) is 0 Å². The van der Waals surface area contributed by atoms with Gasteiger partial charge in [-0.3, -0.25) is 0 Å². The number of nitrogens with zero attached hydrogens (tertiary/aromatic N) is 3. The van der Waals surface area contributed by atoms with E-state index in [4.69, 9.17) is 11.6 Å². The van der Waals surface area contributed by atoms with Crippen LogP contribution in [0.5, 0.6) is 0 Å². The smallest absolute Gasteiger partial charge is 0.0926 e. The van der Waals surface area contributed by atoms with Gasteiger partial charge < -0.3 is 10.3 Å². The summed E-state index contributed by atoms with van der Waals surface area (Å²) in [4.78, 5) is 7.64. The van der Waals surface area contributed by atoms with Crippen molar-refractivity contribution < 1.29 is 0 Å². The summed E-state index contributed by atoms with van der Waals surface area (Å²) in [5.41, 5.74) is 4.32. The minimum absolute atomic E-state index is 0.0907. The van der Waals surface area contributed by atoms with Gasteiger partial charge in [0, 0.05) is 35.4 Å². The molecule has 3 heterocycles.